The van der Waals surface area contributed by atoms with E-state index in [1.165, 1.54) is 4.31 Å². The molecular formula is C31H37N3O4S. The zero-order valence-corrected chi connectivity index (χ0v) is 23.3. The molecule has 1 heterocycles. The number of nitrogens with zero attached hydrogens (tertiary/aromatic N) is 2. The Labute approximate surface area is 231 Å². The molecule has 1 aliphatic carbocycles. The Balaban J connectivity index is 1.29. The van der Waals surface area contributed by atoms with E-state index in [-0.39, 0.29) is 30.8 Å². The molecule has 0 bridgehead atoms. The van der Waals surface area contributed by atoms with Gasteiger partial charge in [-0.3, -0.25) is 13.9 Å². The maximum atomic E-state index is 13.6. The number of benzene rings is 3. The fourth-order valence-corrected chi connectivity index (χ4v) is 7.73. The van der Waals surface area contributed by atoms with Gasteiger partial charge in [-0.2, -0.15) is 0 Å². The summed E-state index contributed by atoms with van der Waals surface area (Å²) >= 11 is 0. The van der Waals surface area contributed by atoms with Gasteiger partial charge in [-0.1, -0.05) is 74.4 Å². The third-order valence-electron chi connectivity index (χ3n) is 8.00. The number of hydrogen-bond acceptors (Lipinski definition) is 4. The van der Waals surface area contributed by atoms with Crippen LogP contribution in [0.2, 0.25) is 0 Å². The summed E-state index contributed by atoms with van der Waals surface area (Å²) in [6.07, 6.45) is 5.92. The molecule has 1 unspecified atom stereocenters. The molecule has 8 heteroatoms. The molecule has 1 atom stereocenters. The van der Waals surface area contributed by atoms with Crippen LogP contribution < -0.4 is 9.62 Å². The lowest BCUT2D eigenvalue weighted by Crippen LogP contribution is -2.51. The van der Waals surface area contributed by atoms with Gasteiger partial charge in [0.25, 0.3) is 10.0 Å². The second-order valence-corrected chi connectivity index (χ2v) is 12.4. The number of sulfonamides is 1. The van der Waals surface area contributed by atoms with Gasteiger partial charge in [-0.15, -0.1) is 0 Å². The van der Waals surface area contributed by atoms with E-state index in [0.29, 0.717) is 36.4 Å². The zero-order chi connectivity index (χ0) is 27.4. The first-order valence-corrected chi connectivity index (χ1v) is 15.5. The second-order valence-electron chi connectivity index (χ2n) is 10.5. The molecule has 2 amide bonds. The Kier molecular flexibility index (Phi) is 8.21. The van der Waals surface area contributed by atoms with Gasteiger partial charge in [0.1, 0.15) is 6.04 Å². The van der Waals surface area contributed by atoms with Crippen LogP contribution in [0.1, 0.15) is 57.4 Å². The van der Waals surface area contributed by atoms with Crippen LogP contribution in [-0.4, -0.2) is 50.3 Å². The topological polar surface area (TPSA) is 86.8 Å². The molecule has 0 radical (unpaired) electrons. The van der Waals surface area contributed by atoms with Gasteiger partial charge in [0.05, 0.1) is 10.6 Å². The van der Waals surface area contributed by atoms with E-state index in [1.807, 2.05) is 61.5 Å². The van der Waals surface area contributed by atoms with Crippen molar-refractivity contribution in [3.63, 3.8) is 0 Å². The summed E-state index contributed by atoms with van der Waals surface area (Å²) < 4.78 is 28.1. The van der Waals surface area contributed by atoms with E-state index in [0.717, 1.165) is 42.0 Å². The molecule has 0 aromatic heterocycles. The molecule has 1 aliphatic heterocycles. The van der Waals surface area contributed by atoms with E-state index in [1.54, 1.807) is 17.0 Å². The van der Waals surface area contributed by atoms with Gasteiger partial charge < -0.3 is 10.2 Å². The van der Waals surface area contributed by atoms with E-state index in [2.05, 4.69) is 5.32 Å². The largest absolute Gasteiger partial charge is 0.352 e. The van der Waals surface area contributed by atoms with Gasteiger partial charge in [0.15, 0.2) is 0 Å². The Hall–Kier alpha value is -3.39. The smallest absolute Gasteiger partial charge is 0.265 e. The van der Waals surface area contributed by atoms with Gasteiger partial charge in [0.2, 0.25) is 11.8 Å². The highest BCUT2D eigenvalue weighted by Gasteiger charge is 2.36. The highest BCUT2D eigenvalue weighted by Crippen LogP contribution is 2.42. The number of anilines is 1. The highest BCUT2D eigenvalue weighted by atomic mass is 32.2. The summed E-state index contributed by atoms with van der Waals surface area (Å²) in [5, 5.41) is 4.80. The fourth-order valence-electron chi connectivity index (χ4n) is 5.98. The summed E-state index contributed by atoms with van der Waals surface area (Å²) in [4.78, 5) is 29.0. The van der Waals surface area contributed by atoms with Crippen LogP contribution in [0, 0.1) is 0 Å². The monoisotopic (exact) mass is 547 g/mol. The molecule has 7 nitrogen and oxygen atoms in total. The van der Waals surface area contributed by atoms with E-state index in [4.69, 9.17) is 0 Å². The molecule has 0 spiro atoms. The number of amides is 2. The molecule has 1 N–H and O–H groups in total. The Morgan fingerprint density at radius 2 is 1.72 bits per heavy atom. The average Bonchev–Trinajstić information content (AvgIpc) is 3.53. The lowest BCUT2D eigenvalue weighted by Gasteiger charge is -2.32. The molecule has 1 fully saturated rings. The van der Waals surface area contributed by atoms with Crippen molar-refractivity contribution >= 4 is 38.3 Å². The maximum Gasteiger partial charge on any atom is 0.265 e. The quantitative estimate of drug-likeness (QED) is 0.365. The molecule has 3 aromatic carbocycles. The van der Waals surface area contributed by atoms with Gasteiger partial charge in [0, 0.05) is 30.9 Å². The van der Waals surface area contributed by atoms with Crippen molar-refractivity contribution in [2.75, 3.05) is 17.4 Å². The highest BCUT2D eigenvalue weighted by molar-refractivity contribution is 7.93. The van der Waals surface area contributed by atoms with Crippen LogP contribution in [0.5, 0.6) is 0 Å². The van der Waals surface area contributed by atoms with Gasteiger partial charge in [-0.25, -0.2) is 8.42 Å². The molecule has 1 saturated carbocycles. The summed E-state index contributed by atoms with van der Waals surface area (Å²) in [7, 11) is -3.67. The van der Waals surface area contributed by atoms with Crippen molar-refractivity contribution in [2.45, 2.75) is 75.3 Å². The number of carbonyl (C=O) groups is 2. The maximum absolute atomic E-state index is 13.6. The third kappa shape index (κ3) is 5.66. The predicted octanol–water partition coefficient (Wildman–Crippen LogP) is 5.04. The number of rotatable bonds is 11. The summed E-state index contributed by atoms with van der Waals surface area (Å²) in [5.74, 6) is -0.207. The first-order valence-electron chi connectivity index (χ1n) is 14.1. The van der Waals surface area contributed by atoms with E-state index in [9.17, 15) is 18.0 Å². The third-order valence-corrected chi connectivity index (χ3v) is 9.86. The molecule has 3 aromatic rings. The minimum atomic E-state index is -3.67. The normalized spacial score (nSPS) is 16.9. The lowest BCUT2D eigenvalue weighted by molar-refractivity contribution is -0.141. The van der Waals surface area contributed by atoms with E-state index < -0.39 is 16.1 Å². The predicted molar refractivity (Wildman–Crippen MR) is 154 cm³/mol. The standard InChI is InChI=1S/C31H37N3O4S/c1-2-26(31(36)32-25-15-6-7-16-25)33(22-20-23-11-4-3-5-12-23)29(35)19-10-21-34-27-17-8-13-24-14-9-18-28(30(24)27)39(34,37)38/h3-5,8-9,11-14,17-18,25-26H,2,6-7,10,15-16,19-22H2,1H3,(H,32,36). The van der Waals surface area contributed by atoms with Crippen molar-refractivity contribution in [2.24, 2.45) is 0 Å². The summed E-state index contributed by atoms with van der Waals surface area (Å²) in [6.45, 7) is 2.59. The number of nitrogens with one attached hydrogen (secondary N) is 1. The fraction of sp³-hybridized carbons (Fsp3) is 0.419. The van der Waals surface area contributed by atoms with Crippen LogP contribution in [0.4, 0.5) is 5.69 Å². The van der Waals surface area contributed by atoms with Crippen molar-refractivity contribution in [3.05, 3.63) is 72.3 Å². The van der Waals surface area contributed by atoms with Crippen LogP contribution in [0.3, 0.4) is 0 Å². The zero-order valence-electron chi connectivity index (χ0n) is 22.5. The average molecular weight is 548 g/mol. The summed E-state index contributed by atoms with van der Waals surface area (Å²) in [5.41, 5.74) is 1.77. The van der Waals surface area contributed by atoms with Crippen LogP contribution >= 0.6 is 0 Å². The second kappa shape index (κ2) is 11.8. The minimum absolute atomic E-state index is 0.0879. The molecule has 2 aliphatic rings. The first-order chi connectivity index (χ1) is 18.9. The molecule has 0 saturated heterocycles. The molecule has 5 rings (SSSR count). The Morgan fingerprint density at radius 1 is 1.00 bits per heavy atom. The van der Waals surface area contributed by atoms with Gasteiger partial charge in [-0.05, 0) is 55.2 Å². The lowest BCUT2D eigenvalue weighted by atomic mass is 10.1. The molecule has 39 heavy (non-hydrogen) atoms. The van der Waals surface area contributed by atoms with Crippen LogP contribution in [0.15, 0.2) is 71.6 Å². The minimum Gasteiger partial charge on any atom is -0.352 e. The van der Waals surface area contributed by atoms with Crippen molar-refractivity contribution < 1.29 is 18.0 Å². The Bertz CT molecular complexity index is 1430. The van der Waals surface area contributed by atoms with Crippen LogP contribution in [0.25, 0.3) is 10.8 Å². The molecular weight excluding hydrogens is 510 g/mol. The molecule has 206 valence electrons. The first kappa shape index (κ1) is 27.2. The van der Waals surface area contributed by atoms with Gasteiger partial charge >= 0.3 is 0 Å². The van der Waals surface area contributed by atoms with Crippen LogP contribution in [-0.2, 0) is 26.0 Å². The Morgan fingerprint density at radius 3 is 2.44 bits per heavy atom. The number of hydrogen-bond donors (Lipinski definition) is 1. The number of carbonyl (C=O) groups excluding carboxylic acids is 2. The SMILES string of the molecule is CCC(C(=O)NC1CCCC1)N(CCc1ccccc1)C(=O)CCCN1c2cccc3cccc(c23)S1(=O)=O. The van der Waals surface area contributed by atoms with Crippen molar-refractivity contribution in [1.29, 1.82) is 0 Å². The summed E-state index contributed by atoms with van der Waals surface area (Å²) in [6, 6.07) is 20.5. The van der Waals surface area contributed by atoms with Crippen molar-refractivity contribution in [1.82, 2.24) is 10.2 Å². The van der Waals surface area contributed by atoms with E-state index >= 15 is 0 Å². The van der Waals surface area contributed by atoms with Crippen molar-refractivity contribution in [3.8, 4) is 0 Å².